The SMILES string of the molecule is Cc1cccc(C(N)=O)c1-c1ccncc1. The summed E-state index contributed by atoms with van der Waals surface area (Å²) < 4.78 is 0. The van der Waals surface area contributed by atoms with Gasteiger partial charge in [0.05, 0.1) is 0 Å². The maximum atomic E-state index is 11.4. The van der Waals surface area contributed by atoms with Crippen LogP contribution in [0.2, 0.25) is 0 Å². The number of aryl methyl sites for hydroxylation is 1. The summed E-state index contributed by atoms with van der Waals surface area (Å²) >= 11 is 0. The van der Waals surface area contributed by atoms with Gasteiger partial charge in [0.1, 0.15) is 0 Å². The lowest BCUT2D eigenvalue weighted by Crippen LogP contribution is -2.12. The Balaban J connectivity index is 2.68. The maximum Gasteiger partial charge on any atom is 0.249 e. The third-order valence-electron chi connectivity index (χ3n) is 2.51. The van der Waals surface area contributed by atoms with Crippen LogP contribution in [0.1, 0.15) is 15.9 Å². The molecule has 0 atom stereocenters. The number of nitrogens with zero attached hydrogens (tertiary/aromatic N) is 1. The topological polar surface area (TPSA) is 56.0 Å². The maximum absolute atomic E-state index is 11.4. The lowest BCUT2D eigenvalue weighted by Gasteiger charge is -2.09. The first kappa shape index (κ1) is 10.4. The van der Waals surface area contributed by atoms with Gasteiger partial charge in [0.2, 0.25) is 5.91 Å². The molecule has 0 saturated carbocycles. The number of hydrogen-bond donors (Lipinski definition) is 1. The number of rotatable bonds is 2. The largest absolute Gasteiger partial charge is 0.366 e. The smallest absolute Gasteiger partial charge is 0.249 e. The number of amides is 1. The van der Waals surface area contributed by atoms with Crippen LogP contribution in [0.3, 0.4) is 0 Å². The lowest BCUT2D eigenvalue weighted by atomic mass is 9.95. The average molecular weight is 212 g/mol. The summed E-state index contributed by atoms with van der Waals surface area (Å²) in [5.74, 6) is -0.407. The lowest BCUT2D eigenvalue weighted by molar-refractivity contribution is 0.100. The Morgan fingerprint density at radius 3 is 2.50 bits per heavy atom. The molecule has 2 aromatic rings. The normalized spacial score (nSPS) is 10.1. The molecular formula is C13H12N2O. The molecule has 2 rings (SSSR count). The Morgan fingerprint density at radius 1 is 1.19 bits per heavy atom. The van der Waals surface area contributed by atoms with Crippen LogP contribution in [0.15, 0.2) is 42.7 Å². The third kappa shape index (κ3) is 1.80. The minimum Gasteiger partial charge on any atom is -0.366 e. The molecule has 0 aliphatic carbocycles. The summed E-state index contributed by atoms with van der Waals surface area (Å²) in [5.41, 5.74) is 8.79. The van der Waals surface area contributed by atoms with Crippen molar-refractivity contribution in [2.45, 2.75) is 6.92 Å². The monoisotopic (exact) mass is 212 g/mol. The molecule has 0 aliphatic heterocycles. The molecule has 0 bridgehead atoms. The van der Waals surface area contributed by atoms with Crippen LogP contribution in [0.4, 0.5) is 0 Å². The summed E-state index contributed by atoms with van der Waals surface area (Å²) in [6, 6.07) is 9.27. The molecule has 0 unspecified atom stereocenters. The molecule has 0 radical (unpaired) electrons. The van der Waals surface area contributed by atoms with Gasteiger partial charge in [-0.05, 0) is 41.8 Å². The number of hydrogen-bond acceptors (Lipinski definition) is 2. The second-order valence-electron chi connectivity index (χ2n) is 3.60. The first-order valence-electron chi connectivity index (χ1n) is 5.00. The van der Waals surface area contributed by atoms with E-state index in [9.17, 15) is 4.79 Å². The Hall–Kier alpha value is -2.16. The molecule has 0 fully saturated rings. The molecule has 1 aromatic heterocycles. The van der Waals surface area contributed by atoms with Crippen molar-refractivity contribution in [2.75, 3.05) is 0 Å². The van der Waals surface area contributed by atoms with Gasteiger partial charge >= 0.3 is 0 Å². The van der Waals surface area contributed by atoms with E-state index in [1.54, 1.807) is 18.5 Å². The van der Waals surface area contributed by atoms with Crippen molar-refractivity contribution in [1.29, 1.82) is 0 Å². The molecule has 0 aliphatic rings. The van der Waals surface area contributed by atoms with Crippen molar-refractivity contribution in [2.24, 2.45) is 5.73 Å². The zero-order chi connectivity index (χ0) is 11.5. The van der Waals surface area contributed by atoms with E-state index >= 15 is 0 Å². The minimum atomic E-state index is -0.407. The molecule has 0 spiro atoms. The summed E-state index contributed by atoms with van der Waals surface area (Å²) in [5, 5.41) is 0. The van der Waals surface area contributed by atoms with Gasteiger partial charge in [0, 0.05) is 18.0 Å². The molecule has 1 heterocycles. The molecule has 1 aromatic carbocycles. The van der Waals surface area contributed by atoms with Crippen LogP contribution in [0.5, 0.6) is 0 Å². The summed E-state index contributed by atoms with van der Waals surface area (Å²) in [6.45, 7) is 1.96. The quantitative estimate of drug-likeness (QED) is 0.829. The predicted octanol–water partition coefficient (Wildman–Crippen LogP) is 2.16. The van der Waals surface area contributed by atoms with Gasteiger partial charge in [-0.3, -0.25) is 9.78 Å². The number of carbonyl (C=O) groups excluding carboxylic acids is 1. The second kappa shape index (κ2) is 4.14. The highest BCUT2D eigenvalue weighted by atomic mass is 16.1. The van der Waals surface area contributed by atoms with Gasteiger partial charge in [0.25, 0.3) is 0 Å². The number of primary amides is 1. The molecule has 1 amide bonds. The molecule has 2 N–H and O–H groups in total. The summed E-state index contributed by atoms with van der Waals surface area (Å²) in [4.78, 5) is 15.3. The van der Waals surface area contributed by atoms with Crippen molar-refractivity contribution < 1.29 is 4.79 Å². The van der Waals surface area contributed by atoms with Crippen molar-refractivity contribution in [3.05, 3.63) is 53.9 Å². The summed E-state index contributed by atoms with van der Waals surface area (Å²) in [6.07, 6.45) is 3.40. The van der Waals surface area contributed by atoms with E-state index < -0.39 is 5.91 Å². The van der Waals surface area contributed by atoms with E-state index in [1.165, 1.54) is 0 Å². The molecule has 3 nitrogen and oxygen atoms in total. The van der Waals surface area contributed by atoms with E-state index in [0.29, 0.717) is 5.56 Å². The molecule has 3 heteroatoms. The third-order valence-corrected chi connectivity index (χ3v) is 2.51. The van der Waals surface area contributed by atoms with Crippen molar-refractivity contribution in [3.63, 3.8) is 0 Å². The van der Waals surface area contributed by atoms with Crippen molar-refractivity contribution in [3.8, 4) is 11.1 Å². The van der Waals surface area contributed by atoms with Crippen molar-refractivity contribution in [1.82, 2.24) is 4.98 Å². The van der Waals surface area contributed by atoms with Gasteiger partial charge in [0.15, 0.2) is 0 Å². The van der Waals surface area contributed by atoms with Crippen molar-refractivity contribution >= 4 is 5.91 Å². The highest BCUT2D eigenvalue weighted by molar-refractivity contribution is 6.00. The van der Waals surface area contributed by atoms with Crippen LogP contribution in [-0.2, 0) is 0 Å². The zero-order valence-corrected chi connectivity index (χ0v) is 8.97. The molecular weight excluding hydrogens is 200 g/mol. The number of nitrogens with two attached hydrogens (primary N) is 1. The van der Waals surface area contributed by atoms with Gasteiger partial charge in [-0.25, -0.2) is 0 Å². The highest BCUT2D eigenvalue weighted by Gasteiger charge is 2.11. The number of benzene rings is 1. The fourth-order valence-corrected chi connectivity index (χ4v) is 1.77. The van der Waals surface area contributed by atoms with Crippen LogP contribution in [-0.4, -0.2) is 10.9 Å². The minimum absolute atomic E-state index is 0.407. The van der Waals surface area contributed by atoms with E-state index in [4.69, 9.17) is 5.73 Å². The number of pyridine rings is 1. The number of carbonyl (C=O) groups is 1. The second-order valence-corrected chi connectivity index (χ2v) is 3.60. The zero-order valence-electron chi connectivity index (χ0n) is 8.97. The Bertz CT molecular complexity index is 521. The van der Waals surface area contributed by atoms with Crippen LogP contribution in [0, 0.1) is 6.92 Å². The van der Waals surface area contributed by atoms with Gasteiger partial charge < -0.3 is 5.73 Å². The predicted molar refractivity (Wildman–Crippen MR) is 62.9 cm³/mol. The van der Waals surface area contributed by atoms with Crippen LogP contribution in [0.25, 0.3) is 11.1 Å². The van der Waals surface area contributed by atoms with Crippen LogP contribution >= 0.6 is 0 Å². The fourth-order valence-electron chi connectivity index (χ4n) is 1.77. The van der Waals surface area contributed by atoms with E-state index in [0.717, 1.165) is 16.7 Å². The highest BCUT2D eigenvalue weighted by Crippen LogP contribution is 2.26. The first-order chi connectivity index (χ1) is 7.70. The molecule has 0 saturated heterocycles. The summed E-state index contributed by atoms with van der Waals surface area (Å²) in [7, 11) is 0. The van der Waals surface area contributed by atoms with Crippen LogP contribution < -0.4 is 5.73 Å². The fraction of sp³-hybridized carbons (Fsp3) is 0.0769. The Morgan fingerprint density at radius 2 is 1.88 bits per heavy atom. The Kier molecular flexibility index (Phi) is 2.68. The van der Waals surface area contributed by atoms with E-state index in [-0.39, 0.29) is 0 Å². The van der Waals surface area contributed by atoms with E-state index in [2.05, 4.69) is 4.98 Å². The van der Waals surface area contributed by atoms with Gasteiger partial charge in [-0.1, -0.05) is 12.1 Å². The molecule has 16 heavy (non-hydrogen) atoms. The van der Waals surface area contributed by atoms with Gasteiger partial charge in [-0.2, -0.15) is 0 Å². The average Bonchev–Trinajstić information content (AvgIpc) is 2.29. The first-order valence-corrected chi connectivity index (χ1v) is 5.00. The molecule has 80 valence electrons. The number of aromatic nitrogens is 1. The van der Waals surface area contributed by atoms with E-state index in [1.807, 2.05) is 31.2 Å². The standard InChI is InChI=1S/C13H12N2O/c1-9-3-2-4-11(13(14)16)12(9)10-5-7-15-8-6-10/h2-8H,1H3,(H2,14,16). The Labute approximate surface area is 93.9 Å². The van der Waals surface area contributed by atoms with Gasteiger partial charge in [-0.15, -0.1) is 0 Å².